The molecule has 0 bridgehead atoms. The summed E-state index contributed by atoms with van der Waals surface area (Å²) in [5.41, 5.74) is 4.28. The van der Waals surface area contributed by atoms with Crippen molar-refractivity contribution in [3.8, 4) is 0 Å². The van der Waals surface area contributed by atoms with E-state index in [2.05, 4.69) is 32.5 Å². The Balaban J connectivity index is 1.29. The second kappa shape index (κ2) is 11.4. The maximum atomic E-state index is 12.8. The van der Waals surface area contributed by atoms with E-state index in [1.165, 1.54) is 23.0 Å². The van der Waals surface area contributed by atoms with Crippen molar-refractivity contribution in [1.29, 1.82) is 0 Å². The molecule has 0 unspecified atom stereocenters. The Bertz CT molecular complexity index is 1170. The number of aryl methyl sites for hydroxylation is 2. The first-order chi connectivity index (χ1) is 16.9. The highest BCUT2D eigenvalue weighted by Gasteiger charge is 2.22. The molecule has 1 aromatic heterocycles. The van der Waals surface area contributed by atoms with Crippen molar-refractivity contribution in [2.45, 2.75) is 38.9 Å². The van der Waals surface area contributed by atoms with E-state index in [0.717, 1.165) is 24.3 Å². The van der Waals surface area contributed by atoms with Gasteiger partial charge in [0.15, 0.2) is 5.16 Å². The summed E-state index contributed by atoms with van der Waals surface area (Å²) in [5, 5.41) is 12.1. The van der Waals surface area contributed by atoms with Crippen LogP contribution in [-0.2, 0) is 22.6 Å². The Kier molecular flexibility index (Phi) is 8.07. The largest absolute Gasteiger partial charge is 0.368 e. The number of aromatic nitrogens is 3. The third-order valence-electron chi connectivity index (χ3n) is 6.30. The molecule has 1 saturated heterocycles. The second-order valence-corrected chi connectivity index (χ2v) is 9.60. The van der Waals surface area contributed by atoms with Crippen molar-refractivity contribution >= 4 is 35.0 Å². The van der Waals surface area contributed by atoms with Gasteiger partial charge in [0.2, 0.25) is 11.8 Å². The number of rotatable bonds is 8. The van der Waals surface area contributed by atoms with Gasteiger partial charge in [-0.25, -0.2) is 0 Å². The minimum Gasteiger partial charge on any atom is -0.368 e. The number of carbonyl (C=O) groups is 2. The summed E-state index contributed by atoms with van der Waals surface area (Å²) in [5.74, 6) is 0.861. The van der Waals surface area contributed by atoms with Crippen molar-refractivity contribution in [3.05, 3.63) is 65.5 Å². The van der Waals surface area contributed by atoms with Crippen molar-refractivity contribution in [1.82, 2.24) is 19.7 Å². The predicted molar refractivity (Wildman–Crippen MR) is 140 cm³/mol. The van der Waals surface area contributed by atoms with Crippen LogP contribution in [0.4, 0.5) is 11.4 Å². The number of hydrogen-bond donors (Lipinski definition) is 1. The van der Waals surface area contributed by atoms with Crippen molar-refractivity contribution in [2.75, 3.05) is 42.1 Å². The van der Waals surface area contributed by atoms with Crippen LogP contribution in [-0.4, -0.2) is 63.4 Å². The zero-order valence-corrected chi connectivity index (χ0v) is 21.3. The third kappa shape index (κ3) is 6.22. The molecule has 1 aliphatic heterocycles. The van der Waals surface area contributed by atoms with Gasteiger partial charge in [-0.2, -0.15) is 0 Å². The van der Waals surface area contributed by atoms with Crippen LogP contribution in [0.3, 0.4) is 0 Å². The molecular formula is C26H32N6O2S. The average molecular weight is 493 g/mol. The highest BCUT2D eigenvalue weighted by molar-refractivity contribution is 7.99. The van der Waals surface area contributed by atoms with Crippen molar-refractivity contribution in [2.24, 2.45) is 0 Å². The molecule has 3 aromatic rings. The first-order valence-electron chi connectivity index (χ1n) is 11.9. The highest BCUT2D eigenvalue weighted by atomic mass is 32.2. The number of nitrogens with one attached hydrogen (secondary N) is 1. The summed E-state index contributed by atoms with van der Waals surface area (Å²) < 4.78 is 1.91. The van der Waals surface area contributed by atoms with Gasteiger partial charge in [-0.1, -0.05) is 36.0 Å². The van der Waals surface area contributed by atoms with Crippen LogP contribution in [0.25, 0.3) is 0 Å². The zero-order valence-electron chi connectivity index (χ0n) is 20.5. The van der Waals surface area contributed by atoms with E-state index in [1.54, 1.807) is 0 Å². The fraction of sp³-hybridized carbons (Fsp3) is 0.385. The Hall–Kier alpha value is -3.33. The fourth-order valence-electron chi connectivity index (χ4n) is 4.11. The van der Waals surface area contributed by atoms with Crippen LogP contribution >= 0.6 is 11.8 Å². The second-order valence-electron chi connectivity index (χ2n) is 8.66. The van der Waals surface area contributed by atoms with Gasteiger partial charge >= 0.3 is 0 Å². The number of anilines is 2. The Morgan fingerprint density at radius 3 is 2.40 bits per heavy atom. The van der Waals surface area contributed by atoms with E-state index < -0.39 is 0 Å². The molecule has 0 spiro atoms. The minimum atomic E-state index is -0.140. The van der Waals surface area contributed by atoms with Gasteiger partial charge in [0.05, 0.1) is 12.2 Å². The van der Waals surface area contributed by atoms with E-state index in [0.29, 0.717) is 36.4 Å². The van der Waals surface area contributed by atoms with Gasteiger partial charge in [0.25, 0.3) is 0 Å². The van der Waals surface area contributed by atoms with Crippen molar-refractivity contribution < 1.29 is 9.59 Å². The number of amides is 2. The molecule has 184 valence electrons. The maximum Gasteiger partial charge on any atom is 0.233 e. The SMILES string of the molecule is CCn1c(CC(=O)Nc2ccc(C)c(C)c2)nnc1SCC(=O)N1CCN(c2ccccc2)CC1. The van der Waals surface area contributed by atoms with E-state index in [9.17, 15) is 9.59 Å². The van der Waals surface area contributed by atoms with Crippen LogP contribution in [0.2, 0.25) is 0 Å². The molecule has 1 aliphatic rings. The summed E-state index contributed by atoms with van der Waals surface area (Å²) in [6.07, 6.45) is 0.129. The standard InChI is InChI=1S/C26H32N6O2S/c1-4-32-23(17-24(33)27-21-11-10-19(2)20(3)16-21)28-29-26(32)35-18-25(34)31-14-12-30(13-15-31)22-8-6-5-7-9-22/h5-11,16H,4,12-15,17-18H2,1-3H3,(H,27,33). The van der Waals surface area contributed by atoms with Gasteiger partial charge < -0.3 is 19.7 Å². The van der Waals surface area contributed by atoms with E-state index in [1.807, 2.05) is 66.6 Å². The summed E-state index contributed by atoms with van der Waals surface area (Å²) in [7, 11) is 0. The average Bonchev–Trinajstić information content (AvgIpc) is 3.26. The molecule has 2 amide bonds. The molecule has 8 nitrogen and oxygen atoms in total. The summed E-state index contributed by atoms with van der Waals surface area (Å²) in [4.78, 5) is 29.6. The van der Waals surface area contributed by atoms with Gasteiger partial charge in [-0.15, -0.1) is 10.2 Å². The molecule has 4 rings (SSSR count). The third-order valence-corrected chi connectivity index (χ3v) is 7.25. The first kappa shape index (κ1) is 24.8. The van der Waals surface area contributed by atoms with Crippen LogP contribution in [0.5, 0.6) is 0 Å². The Morgan fingerprint density at radius 1 is 0.971 bits per heavy atom. The normalized spacial score (nSPS) is 13.7. The molecule has 35 heavy (non-hydrogen) atoms. The van der Waals surface area contributed by atoms with E-state index >= 15 is 0 Å². The number of benzene rings is 2. The van der Waals surface area contributed by atoms with Gasteiger partial charge in [0, 0.05) is 44.1 Å². The number of para-hydroxylation sites is 1. The molecule has 9 heteroatoms. The van der Waals surface area contributed by atoms with Crippen molar-refractivity contribution in [3.63, 3.8) is 0 Å². The summed E-state index contributed by atoms with van der Waals surface area (Å²) in [6.45, 7) is 9.74. The molecule has 2 heterocycles. The number of piperazine rings is 1. The molecule has 1 fully saturated rings. The van der Waals surface area contributed by atoms with Gasteiger partial charge in [-0.3, -0.25) is 9.59 Å². The number of thioether (sulfide) groups is 1. The molecule has 0 radical (unpaired) electrons. The first-order valence-corrected chi connectivity index (χ1v) is 12.9. The van der Waals surface area contributed by atoms with Crippen LogP contribution in [0.15, 0.2) is 53.7 Å². The number of carbonyl (C=O) groups excluding carboxylic acids is 2. The van der Waals surface area contributed by atoms with E-state index in [-0.39, 0.29) is 18.2 Å². The Morgan fingerprint density at radius 2 is 1.71 bits per heavy atom. The smallest absolute Gasteiger partial charge is 0.233 e. The lowest BCUT2D eigenvalue weighted by Crippen LogP contribution is -2.49. The quantitative estimate of drug-likeness (QED) is 0.485. The monoisotopic (exact) mass is 492 g/mol. The zero-order chi connectivity index (χ0) is 24.8. The maximum absolute atomic E-state index is 12.8. The molecule has 2 aromatic carbocycles. The van der Waals surface area contributed by atoms with Gasteiger partial charge in [0.1, 0.15) is 5.82 Å². The summed E-state index contributed by atoms with van der Waals surface area (Å²) in [6, 6.07) is 16.1. The highest BCUT2D eigenvalue weighted by Crippen LogP contribution is 2.20. The van der Waals surface area contributed by atoms with E-state index in [4.69, 9.17) is 0 Å². The number of hydrogen-bond acceptors (Lipinski definition) is 6. The lowest BCUT2D eigenvalue weighted by Gasteiger charge is -2.36. The van der Waals surface area contributed by atoms with Gasteiger partial charge in [-0.05, 0) is 56.2 Å². The topological polar surface area (TPSA) is 83.4 Å². The Labute approximate surface area is 210 Å². The molecule has 1 N–H and O–H groups in total. The number of nitrogens with zero attached hydrogens (tertiary/aromatic N) is 5. The summed E-state index contributed by atoms with van der Waals surface area (Å²) >= 11 is 1.38. The molecule has 0 atom stereocenters. The molecule has 0 aliphatic carbocycles. The van der Waals surface area contributed by atoms with Crippen LogP contribution < -0.4 is 10.2 Å². The molecular weight excluding hydrogens is 460 g/mol. The lowest BCUT2D eigenvalue weighted by molar-refractivity contribution is -0.128. The minimum absolute atomic E-state index is 0.0994. The fourth-order valence-corrected chi connectivity index (χ4v) is 5.04. The molecule has 0 saturated carbocycles. The van der Waals surface area contributed by atoms with Crippen LogP contribution in [0, 0.1) is 13.8 Å². The predicted octanol–water partition coefficient (Wildman–Crippen LogP) is 3.54. The lowest BCUT2D eigenvalue weighted by atomic mass is 10.1. The van der Waals surface area contributed by atoms with Crippen LogP contribution in [0.1, 0.15) is 23.9 Å².